The van der Waals surface area contributed by atoms with Crippen molar-refractivity contribution < 1.29 is 23.1 Å². The highest BCUT2D eigenvalue weighted by atomic mass is 19.1. The molecule has 0 aliphatic carbocycles. The van der Waals surface area contributed by atoms with Gasteiger partial charge in [-0.25, -0.2) is 22.9 Å². The number of halogens is 3. The van der Waals surface area contributed by atoms with Crippen molar-refractivity contribution in [2.75, 3.05) is 5.32 Å². The van der Waals surface area contributed by atoms with Crippen LogP contribution in [0.2, 0.25) is 0 Å². The van der Waals surface area contributed by atoms with Gasteiger partial charge in [0.15, 0.2) is 11.6 Å². The molecule has 2 rings (SSSR count). The summed E-state index contributed by atoms with van der Waals surface area (Å²) in [5.41, 5.74) is -0.923. The van der Waals surface area contributed by atoms with Crippen LogP contribution < -0.4 is 5.32 Å². The average Bonchev–Trinajstić information content (AvgIpc) is 2.34. The van der Waals surface area contributed by atoms with E-state index in [4.69, 9.17) is 5.11 Å². The summed E-state index contributed by atoms with van der Waals surface area (Å²) >= 11 is 0. The molecule has 0 saturated heterocycles. The summed E-state index contributed by atoms with van der Waals surface area (Å²) in [4.78, 5) is 14.6. The van der Waals surface area contributed by atoms with Gasteiger partial charge in [0.1, 0.15) is 22.9 Å². The number of nitrogens with one attached hydrogen (secondary N) is 1. The molecular formula is C12H7F3N2O2. The zero-order chi connectivity index (χ0) is 14.0. The molecule has 98 valence electrons. The van der Waals surface area contributed by atoms with E-state index in [-0.39, 0.29) is 11.4 Å². The number of hydrogen-bond donors (Lipinski definition) is 2. The van der Waals surface area contributed by atoms with Crippen LogP contribution in [0, 0.1) is 17.5 Å². The minimum Gasteiger partial charge on any atom is -0.478 e. The lowest BCUT2D eigenvalue weighted by atomic mass is 10.2. The largest absolute Gasteiger partial charge is 0.478 e. The molecule has 2 aromatic rings. The maximum Gasteiger partial charge on any atom is 0.339 e. The first-order chi connectivity index (χ1) is 8.99. The van der Waals surface area contributed by atoms with E-state index in [0.29, 0.717) is 12.1 Å². The summed E-state index contributed by atoms with van der Waals surface area (Å²) in [5.74, 6) is -4.98. The molecule has 1 aromatic heterocycles. The van der Waals surface area contributed by atoms with Gasteiger partial charge >= 0.3 is 5.97 Å². The van der Waals surface area contributed by atoms with E-state index in [1.54, 1.807) is 0 Å². The average molecular weight is 268 g/mol. The monoisotopic (exact) mass is 268 g/mol. The third kappa shape index (κ3) is 2.65. The lowest BCUT2D eigenvalue weighted by Gasteiger charge is -2.10. The molecular weight excluding hydrogens is 261 g/mol. The van der Waals surface area contributed by atoms with E-state index in [0.717, 1.165) is 0 Å². The maximum atomic E-state index is 13.4. The molecule has 2 N–H and O–H groups in total. The van der Waals surface area contributed by atoms with Crippen LogP contribution in [0.1, 0.15) is 10.4 Å². The predicted molar refractivity (Wildman–Crippen MR) is 60.8 cm³/mol. The highest BCUT2D eigenvalue weighted by molar-refractivity contribution is 5.93. The number of benzene rings is 1. The maximum absolute atomic E-state index is 13.4. The van der Waals surface area contributed by atoms with Crippen molar-refractivity contribution in [2.24, 2.45) is 0 Å². The van der Waals surface area contributed by atoms with Crippen LogP contribution in [-0.4, -0.2) is 16.1 Å². The second-order valence-corrected chi connectivity index (χ2v) is 3.57. The van der Waals surface area contributed by atoms with Crippen LogP contribution in [0.4, 0.5) is 24.7 Å². The first-order valence-corrected chi connectivity index (χ1v) is 5.09. The molecule has 0 unspecified atom stereocenters. The molecule has 0 aliphatic heterocycles. The van der Waals surface area contributed by atoms with Crippen molar-refractivity contribution in [3.8, 4) is 0 Å². The molecule has 7 heteroatoms. The third-order valence-corrected chi connectivity index (χ3v) is 2.29. The van der Waals surface area contributed by atoms with Gasteiger partial charge in [0.2, 0.25) is 0 Å². The van der Waals surface area contributed by atoms with Crippen molar-refractivity contribution >= 4 is 17.5 Å². The van der Waals surface area contributed by atoms with Crippen molar-refractivity contribution in [3.63, 3.8) is 0 Å². The lowest BCUT2D eigenvalue weighted by molar-refractivity contribution is 0.0697. The summed E-state index contributed by atoms with van der Waals surface area (Å²) in [7, 11) is 0. The second-order valence-electron chi connectivity index (χ2n) is 3.57. The van der Waals surface area contributed by atoms with E-state index >= 15 is 0 Å². The van der Waals surface area contributed by atoms with E-state index in [2.05, 4.69) is 10.3 Å². The molecule has 0 saturated carbocycles. The molecule has 1 heterocycles. The quantitative estimate of drug-likeness (QED) is 0.898. The molecule has 4 nitrogen and oxygen atoms in total. The Morgan fingerprint density at radius 3 is 2.42 bits per heavy atom. The number of carbonyl (C=O) groups is 1. The van der Waals surface area contributed by atoms with E-state index in [1.807, 2.05) is 0 Å². The van der Waals surface area contributed by atoms with Gasteiger partial charge in [0.05, 0.1) is 0 Å². The molecule has 0 bridgehead atoms. The third-order valence-electron chi connectivity index (χ3n) is 2.29. The standard InChI is InChI=1S/C12H7F3N2O2/c13-6-4-8(14)10(9(15)5-6)17-11-7(12(18)19)2-1-3-16-11/h1-5H,(H,16,17)(H,18,19). The zero-order valence-corrected chi connectivity index (χ0v) is 9.32. The Kier molecular flexibility index (Phi) is 3.37. The van der Waals surface area contributed by atoms with Crippen molar-refractivity contribution in [2.45, 2.75) is 0 Å². The molecule has 0 atom stereocenters. The summed E-state index contributed by atoms with van der Waals surface area (Å²) in [6.07, 6.45) is 1.26. The van der Waals surface area contributed by atoms with Crippen LogP contribution in [-0.2, 0) is 0 Å². The summed E-state index contributed by atoms with van der Waals surface area (Å²) in [6, 6.07) is 3.55. The highest BCUT2D eigenvalue weighted by Gasteiger charge is 2.16. The Morgan fingerprint density at radius 1 is 1.21 bits per heavy atom. The topological polar surface area (TPSA) is 62.2 Å². The summed E-state index contributed by atoms with van der Waals surface area (Å²) in [5, 5.41) is 11.1. The minimum atomic E-state index is -1.31. The fourth-order valence-corrected chi connectivity index (χ4v) is 1.46. The predicted octanol–water partition coefficient (Wildman–Crippen LogP) is 2.94. The first kappa shape index (κ1) is 12.9. The smallest absolute Gasteiger partial charge is 0.339 e. The number of hydrogen-bond acceptors (Lipinski definition) is 3. The van der Waals surface area contributed by atoms with Crippen LogP contribution in [0.15, 0.2) is 30.5 Å². The van der Waals surface area contributed by atoms with Gasteiger partial charge in [-0.1, -0.05) is 0 Å². The van der Waals surface area contributed by atoms with Gasteiger partial charge in [0.25, 0.3) is 0 Å². The molecule has 19 heavy (non-hydrogen) atoms. The molecule has 0 spiro atoms. The molecule has 1 aromatic carbocycles. The first-order valence-electron chi connectivity index (χ1n) is 5.09. The highest BCUT2D eigenvalue weighted by Crippen LogP contribution is 2.25. The van der Waals surface area contributed by atoms with Gasteiger partial charge in [0, 0.05) is 18.3 Å². The number of aromatic carboxylic acids is 1. The van der Waals surface area contributed by atoms with Gasteiger partial charge in [-0.05, 0) is 12.1 Å². The van der Waals surface area contributed by atoms with Gasteiger partial charge in [-0.3, -0.25) is 0 Å². The summed E-state index contributed by atoms with van der Waals surface area (Å²) in [6.45, 7) is 0. The SMILES string of the molecule is O=C(O)c1cccnc1Nc1c(F)cc(F)cc1F. The number of rotatable bonds is 3. The van der Waals surface area contributed by atoms with E-state index in [1.165, 1.54) is 18.3 Å². The Hall–Kier alpha value is -2.57. The minimum absolute atomic E-state index is 0.237. The van der Waals surface area contributed by atoms with Crippen molar-refractivity contribution in [3.05, 3.63) is 53.5 Å². The number of anilines is 2. The molecule has 0 fully saturated rings. The van der Waals surface area contributed by atoms with E-state index < -0.39 is 29.1 Å². The van der Waals surface area contributed by atoms with Gasteiger partial charge < -0.3 is 10.4 Å². The number of carboxylic acid groups (broad SMARTS) is 1. The molecule has 0 aliphatic rings. The van der Waals surface area contributed by atoms with Crippen LogP contribution >= 0.6 is 0 Å². The molecule has 0 amide bonds. The number of nitrogens with zero attached hydrogens (tertiary/aromatic N) is 1. The number of carboxylic acids is 1. The Labute approximate surface area is 105 Å². The van der Waals surface area contributed by atoms with Crippen LogP contribution in [0.5, 0.6) is 0 Å². The fraction of sp³-hybridized carbons (Fsp3) is 0. The summed E-state index contributed by atoms with van der Waals surface area (Å²) < 4.78 is 39.6. The lowest BCUT2D eigenvalue weighted by Crippen LogP contribution is -2.07. The van der Waals surface area contributed by atoms with Crippen LogP contribution in [0.3, 0.4) is 0 Å². The number of pyridine rings is 1. The second kappa shape index (κ2) is 4.97. The normalized spacial score (nSPS) is 10.3. The molecule has 0 radical (unpaired) electrons. The Morgan fingerprint density at radius 2 is 1.84 bits per heavy atom. The van der Waals surface area contributed by atoms with E-state index in [9.17, 15) is 18.0 Å². The fourth-order valence-electron chi connectivity index (χ4n) is 1.46. The van der Waals surface area contributed by atoms with Gasteiger partial charge in [-0.2, -0.15) is 0 Å². The Bertz CT molecular complexity index is 624. The van der Waals surface area contributed by atoms with Crippen molar-refractivity contribution in [1.29, 1.82) is 0 Å². The van der Waals surface area contributed by atoms with Crippen molar-refractivity contribution in [1.82, 2.24) is 4.98 Å². The van der Waals surface area contributed by atoms with Crippen LogP contribution in [0.25, 0.3) is 0 Å². The zero-order valence-electron chi connectivity index (χ0n) is 9.32. The van der Waals surface area contributed by atoms with Gasteiger partial charge in [-0.15, -0.1) is 0 Å². The Balaban J connectivity index is 2.45. The number of aromatic nitrogens is 1.